The molecule has 0 aromatic heterocycles. The Labute approximate surface area is 83.9 Å². The van der Waals surface area contributed by atoms with Crippen LogP contribution in [0.1, 0.15) is 19.3 Å². The molecule has 0 bridgehead atoms. The van der Waals surface area contributed by atoms with Gasteiger partial charge in [0.2, 0.25) is 0 Å². The summed E-state index contributed by atoms with van der Waals surface area (Å²) in [5.74, 6) is 0. The van der Waals surface area contributed by atoms with E-state index in [4.69, 9.17) is 0 Å². The van der Waals surface area contributed by atoms with E-state index in [-0.39, 0.29) is 40.1 Å². The molecule has 1 aliphatic carbocycles. The minimum Gasteiger partial charge on any atom is -0.358 e. The average molecular weight is 202 g/mol. The molecule has 1 atom stereocenters. The Balaban J connectivity index is 0. The summed E-state index contributed by atoms with van der Waals surface area (Å²) in [5.41, 5.74) is 0. The van der Waals surface area contributed by atoms with Crippen molar-refractivity contribution in [2.24, 2.45) is 0 Å². The topological polar surface area (TPSA) is 12.0 Å². The molecule has 50 valence electrons. The molecule has 1 fully saturated rings. The van der Waals surface area contributed by atoms with Gasteiger partial charge in [-0.05, 0) is 7.05 Å². The summed E-state index contributed by atoms with van der Waals surface area (Å²) in [4.78, 5) is 0. The van der Waals surface area contributed by atoms with Gasteiger partial charge in [-0.1, -0.05) is 12.8 Å². The summed E-state index contributed by atoms with van der Waals surface area (Å²) in [5, 5.41) is 3.21. The second-order valence-electron chi connectivity index (χ2n) is 2.06. The molecule has 1 N–H and O–H groups in total. The van der Waals surface area contributed by atoms with Gasteiger partial charge in [-0.3, -0.25) is 0 Å². The molecule has 0 aromatic carbocycles. The zero-order valence-electron chi connectivity index (χ0n) is 6.35. The van der Waals surface area contributed by atoms with Gasteiger partial charge in [-0.2, -0.15) is 6.42 Å². The third-order valence-electron chi connectivity index (χ3n) is 1.54. The number of hydrogen-bond acceptors (Lipinski definition) is 1. The van der Waals surface area contributed by atoms with E-state index in [1.165, 1.54) is 19.3 Å². The van der Waals surface area contributed by atoms with Crippen LogP contribution in [0.4, 0.5) is 0 Å². The standard InChI is InChI=1S/C6H12N.CH3.Y/c1-7-6-4-2-3-5-6;;/h4,6-7H,2-3,5H2,1H3;1H3;/q2*-1;+3. The predicted molar refractivity (Wildman–Crippen MR) is 37.4 cm³/mol. The maximum absolute atomic E-state index is 3.21. The molecule has 0 radical (unpaired) electrons. The third-order valence-corrected chi connectivity index (χ3v) is 1.54. The van der Waals surface area contributed by atoms with Crippen LogP contribution in [0, 0.1) is 13.8 Å². The average Bonchev–Trinajstić information content (AvgIpc) is 2.14. The van der Waals surface area contributed by atoms with Gasteiger partial charge in [0.15, 0.2) is 0 Å². The monoisotopic (exact) mass is 202 g/mol. The van der Waals surface area contributed by atoms with Gasteiger partial charge < -0.3 is 19.2 Å². The Morgan fingerprint density at radius 2 is 2.22 bits per heavy atom. The summed E-state index contributed by atoms with van der Waals surface area (Å²) < 4.78 is 0. The van der Waals surface area contributed by atoms with Crippen molar-refractivity contribution in [1.82, 2.24) is 5.32 Å². The van der Waals surface area contributed by atoms with Crippen LogP contribution in [0.25, 0.3) is 0 Å². The van der Waals surface area contributed by atoms with E-state index in [1.54, 1.807) is 0 Å². The van der Waals surface area contributed by atoms with Crippen molar-refractivity contribution >= 4 is 0 Å². The fourth-order valence-corrected chi connectivity index (χ4v) is 1.04. The first-order valence-electron chi connectivity index (χ1n) is 2.94. The second kappa shape index (κ2) is 7.17. The Morgan fingerprint density at radius 3 is 2.44 bits per heavy atom. The van der Waals surface area contributed by atoms with E-state index >= 15 is 0 Å². The van der Waals surface area contributed by atoms with Gasteiger partial charge in [-0.25, -0.2) is 0 Å². The fourth-order valence-electron chi connectivity index (χ4n) is 1.04. The Bertz CT molecular complexity index is 50.9. The van der Waals surface area contributed by atoms with Crippen molar-refractivity contribution in [2.45, 2.75) is 25.3 Å². The first-order valence-corrected chi connectivity index (χ1v) is 2.94. The van der Waals surface area contributed by atoms with E-state index in [0.717, 1.165) is 6.04 Å². The summed E-state index contributed by atoms with van der Waals surface area (Å²) in [6.45, 7) is 0. The number of hydrogen-bond donors (Lipinski definition) is 1. The molecule has 1 unspecified atom stereocenters. The van der Waals surface area contributed by atoms with Crippen molar-refractivity contribution in [3.8, 4) is 0 Å². The van der Waals surface area contributed by atoms with Crippen LogP contribution >= 0.6 is 0 Å². The van der Waals surface area contributed by atoms with Crippen LogP contribution in [-0.4, -0.2) is 13.1 Å². The van der Waals surface area contributed by atoms with Crippen molar-refractivity contribution < 1.29 is 32.7 Å². The molecule has 1 saturated carbocycles. The van der Waals surface area contributed by atoms with Crippen LogP contribution in [0.2, 0.25) is 0 Å². The Hall–Kier alpha value is 1.06. The molecule has 1 rings (SSSR count). The van der Waals surface area contributed by atoms with E-state index < -0.39 is 0 Å². The van der Waals surface area contributed by atoms with Crippen LogP contribution < -0.4 is 5.32 Å². The normalized spacial score (nSPS) is 24.3. The van der Waals surface area contributed by atoms with Gasteiger partial charge in [-0.15, -0.1) is 6.04 Å². The first-order chi connectivity index (χ1) is 3.43. The zero-order valence-corrected chi connectivity index (χ0v) is 9.19. The predicted octanol–water partition coefficient (Wildman–Crippen LogP) is 1.41. The Kier molecular flexibility index (Phi) is 10.1. The largest absolute Gasteiger partial charge is 3.00 e. The summed E-state index contributed by atoms with van der Waals surface area (Å²) in [7, 11) is 2.02. The van der Waals surface area contributed by atoms with Gasteiger partial charge >= 0.3 is 32.7 Å². The molecular formula is C7H15NY+. The minimum atomic E-state index is 0. The fraction of sp³-hybridized carbons (Fsp3) is 0.714. The van der Waals surface area contributed by atoms with E-state index in [0.29, 0.717) is 0 Å². The van der Waals surface area contributed by atoms with Crippen LogP contribution in [-0.2, 0) is 32.7 Å². The molecule has 9 heavy (non-hydrogen) atoms. The van der Waals surface area contributed by atoms with E-state index in [2.05, 4.69) is 11.7 Å². The molecule has 0 aromatic rings. The Morgan fingerprint density at radius 1 is 1.56 bits per heavy atom. The minimum absolute atomic E-state index is 0. The summed E-state index contributed by atoms with van der Waals surface area (Å²) in [6, 6.07) is 0.722. The molecule has 1 aliphatic rings. The van der Waals surface area contributed by atoms with Crippen LogP contribution in [0.5, 0.6) is 0 Å². The zero-order chi connectivity index (χ0) is 5.11. The van der Waals surface area contributed by atoms with Crippen molar-refractivity contribution in [3.63, 3.8) is 0 Å². The number of nitrogens with one attached hydrogen (secondary N) is 1. The quantitative estimate of drug-likeness (QED) is 0.634. The third kappa shape index (κ3) is 4.47. The summed E-state index contributed by atoms with van der Waals surface area (Å²) in [6.07, 6.45) is 6.38. The SMILES string of the molecule is CNC1[CH-]CCC1.[CH3-].[Y+3]. The summed E-state index contributed by atoms with van der Waals surface area (Å²) >= 11 is 0. The second-order valence-corrected chi connectivity index (χ2v) is 2.06. The van der Waals surface area contributed by atoms with Gasteiger partial charge in [0.05, 0.1) is 0 Å². The van der Waals surface area contributed by atoms with Crippen LogP contribution in [0.15, 0.2) is 0 Å². The number of rotatable bonds is 1. The molecule has 1 nitrogen and oxygen atoms in total. The van der Waals surface area contributed by atoms with E-state index in [1.807, 2.05) is 7.05 Å². The maximum atomic E-state index is 3.21. The molecule has 0 spiro atoms. The van der Waals surface area contributed by atoms with Gasteiger partial charge in [0.1, 0.15) is 0 Å². The molecule has 0 heterocycles. The van der Waals surface area contributed by atoms with Gasteiger partial charge in [0, 0.05) is 0 Å². The van der Waals surface area contributed by atoms with Crippen molar-refractivity contribution in [1.29, 1.82) is 0 Å². The molecule has 0 amide bonds. The maximum Gasteiger partial charge on any atom is 3.00 e. The molecule has 0 aliphatic heterocycles. The van der Waals surface area contributed by atoms with Crippen LogP contribution in [0.3, 0.4) is 0 Å². The molecule has 0 saturated heterocycles. The van der Waals surface area contributed by atoms with E-state index in [9.17, 15) is 0 Å². The molecule has 2 heteroatoms. The van der Waals surface area contributed by atoms with Crippen molar-refractivity contribution in [3.05, 3.63) is 13.8 Å². The smallest absolute Gasteiger partial charge is 0.358 e. The van der Waals surface area contributed by atoms with Crippen molar-refractivity contribution in [2.75, 3.05) is 7.05 Å². The molecular weight excluding hydrogens is 187 g/mol. The first kappa shape index (κ1) is 12.7. The van der Waals surface area contributed by atoms with Gasteiger partial charge in [0.25, 0.3) is 0 Å².